The molecule has 30 heavy (non-hydrogen) atoms. The van der Waals surface area contributed by atoms with Gasteiger partial charge in [-0.05, 0) is 67.7 Å². The molecule has 1 N–H and O–H groups in total. The minimum atomic E-state index is -0.0414. The summed E-state index contributed by atoms with van der Waals surface area (Å²) in [5.74, 6) is 0. The zero-order chi connectivity index (χ0) is 20.1. The largest absolute Gasteiger partial charge is 0.335 e. The molecule has 0 radical (unpaired) electrons. The van der Waals surface area contributed by atoms with Crippen LogP contribution in [0.5, 0.6) is 0 Å². The zero-order valence-corrected chi connectivity index (χ0v) is 18.7. The van der Waals surface area contributed by atoms with Crippen molar-refractivity contribution < 1.29 is 4.79 Å². The van der Waals surface area contributed by atoms with Crippen molar-refractivity contribution in [2.75, 3.05) is 0 Å². The summed E-state index contributed by atoms with van der Waals surface area (Å²) in [6, 6.07) is 9.00. The van der Waals surface area contributed by atoms with E-state index in [-0.39, 0.29) is 12.1 Å². The summed E-state index contributed by atoms with van der Waals surface area (Å²) < 4.78 is 2.37. The van der Waals surface area contributed by atoms with Crippen molar-refractivity contribution in [3.63, 3.8) is 0 Å². The molecule has 1 atom stereocenters. The molecule has 1 aliphatic heterocycles. The van der Waals surface area contributed by atoms with E-state index in [1.807, 2.05) is 11.3 Å². The quantitative estimate of drug-likeness (QED) is 0.522. The van der Waals surface area contributed by atoms with Gasteiger partial charge in [-0.15, -0.1) is 22.7 Å². The predicted molar refractivity (Wildman–Crippen MR) is 123 cm³/mol. The molecule has 0 saturated heterocycles. The number of nitrogens with zero attached hydrogens (tertiary/aromatic N) is 2. The highest BCUT2D eigenvalue weighted by atomic mass is 32.1. The van der Waals surface area contributed by atoms with E-state index in [9.17, 15) is 4.79 Å². The van der Waals surface area contributed by atoms with Crippen LogP contribution in [-0.2, 0) is 19.4 Å². The maximum Gasteiger partial charge on any atom is 0.318 e. The lowest BCUT2D eigenvalue weighted by Gasteiger charge is -2.31. The van der Waals surface area contributed by atoms with Gasteiger partial charge in [-0.25, -0.2) is 4.79 Å². The number of thiophene rings is 2. The molecule has 4 heterocycles. The third-order valence-electron chi connectivity index (χ3n) is 6.94. The number of rotatable bonds is 2. The number of carbonyl (C=O) groups is 1. The SMILES string of the molecule is O=C(NC1CCCC1)N1Cc2c(sc3c2CCCC3)-n2cccc2[C@@H]1c1cccs1. The summed E-state index contributed by atoms with van der Waals surface area (Å²) in [6.07, 6.45) is 11.7. The number of fused-ring (bicyclic) bond motifs is 5. The molecule has 0 aromatic carbocycles. The molecule has 0 unspecified atom stereocenters. The highest BCUT2D eigenvalue weighted by Crippen LogP contribution is 2.44. The molecule has 3 aromatic heterocycles. The third-order valence-corrected chi connectivity index (χ3v) is 9.19. The van der Waals surface area contributed by atoms with Gasteiger partial charge in [0.1, 0.15) is 11.0 Å². The number of aryl methyl sites for hydroxylation is 1. The Morgan fingerprint density at radius 3 is 2.73 bits per heavy atom. The first-order valence-electron chi connectivity index (χ1n) is 11.2. The Hall–Kier alpha value is -2.05. The molecule has 1 saturated carbocycles. The molecule has 0 bridgehead atoms. The topological polar surface area (TPSA) is 37.3 Å². The average Bonchev–Trinajstić information content (AvgIpc) is 3.55. The van der Waals surface area contributed by atoms with E-state index < -0.39 is 0 Å². The van der Waals surface area contributed by atoms with Crippen LogP contribution in [0, 0.1) is 0 Å². The van der Waals surface area contributed by atoms with E-state index in [4.69, 9.17) is 0 Å². The summed E-state index contributed by atoms with van der Waals surface area (Å²) in [6.45, 7) is 0.698. The van der Waals surface area contributed by atoms with Gasteiger partial charge in [-0.2, -0.15) is 0 Å². The second-order valence-corrected chi connectivity index (χ2v) is 10.8. The summed E-state index contributed by atoms with van der Waals surface area (Å²) in [7, 11) is 0. The van der Waals surface area contributed by atoms with Gasteiger partial charge in [0.25, 0.3) is 0 Å². The monoisotopic (exact) mass is 437 g/mol. The fourth-order valence-corrected chi connectivity index (χ4v) is 7.71. The third kappa shape index (κ3) is 3.04. The number of carbonyl (C=O) groups excluding carboxylic acids is 1. The number of amides is 2. The van der Waals surface area contributed by atoms with E-state index in [0.29, 0.717) is 12.6 Å². The highest BCUT2D eigenvalue weighted by Gasteiger charge is 2.37. The Kier molecular flexibility index (Phi) is 4.72. The van der Waals surface area contributed by atoms with Gasteiger partial charge in [0.15, 0.2) is 0 Å². The van der Waals surface area contributed by atoms with Crippen molar-refractivity contribution >= 4 is 28.7 Å². The first kappa shape index (κ1) is 18.7. The first-order chi connectivity index (χ1) is 14.8. The van der Waals surface area contributed by atoms with Crippen LogP contribution >= 0.6 is 22.7 Å². The lowest BCUT2D eigenvalue weighted by atomic mass is 9.95. The number of hydrogen-bond acceptors (Lipinski definition) is 3. The number of nitrogens with one attached hydrogen (secondary N) is 1. The fourth-order valence-electron chi connectivity index (χ4n) is 5.46. The smallest absolute Gasteiger partial charge is 0.318 e. The molecule has 2 aliphatic carbocycles. The summed E-state index contributed by atoms with van der Waals surface area (Å²) >= 11 is 3.70. The second-order valence-electron chi connectivity index (χ2n) is 8.77. The van der Waals surface area contributed by atoms with E-state index in [0.717, 1.165) is 19.3 Å². The highest BCUT2D eigenvalue weighted by molar-refractivity contribution is 7.15. The van der Waals surface area contributed by atoms with Crippen LogP contribution in [0.15, 0.2) is 35.8 Å². The summed E-state index contributed by atoms with van der Waals surface area (Å²) in [5, 5.41) is 6.84. The minimum absolute atomic E-state index is 0.0414. The summed E-state index contributed by atoms with van der Waals surface area (Å²) in [5.41, 5.74) is 4.11. The van der Waals surface area contributed by atoms with Crippen LogP contribution in [0.25, 0.3) is 5.00 Å². The average molecular weight is 438 g/mol. The molecule has 1 fully saturated rings. The second kappa shape index (κ2) is 7.57. The molecule has 6 heteroatoms. The Morgan fingerprint density at radius 1 is 1.03 bits per heavy atom. The van der Waals surface area contributed by atoms with Crippen LogP contribution in [0.2, 0.25) is 0 Å². The maximum atomic E-state index is 13.7. The predicted octanol–water partition coefficient (Wildman–Crippen LogP) is 6.04. The van der Waals surface area contributed by atoms with E-state index in [2.05, 4.69) is 50.6 Å². The van der Waals surface area contributed by atoms with Gasteiger partial charge >= 0.3 is 6.03 Å². The van der Waals surface area contributed by atoms with Crippen LogP contribution in [0.3, 0.4) is 0 Å². The van der Waals surface area contributed by atoms with Crippen LogP contribution in [0.4, 0.5) is 4.79 Å². The van der Waals surface area contributed by atoms with Crippen LogP contribution in [-0.4, -0.2) is 21.5 Å². The Balaban J connectivity index is 1.48. The molecule has 2 amide bonds. The standard InChI is InChI=1S/C24H27N3OS2/c28-24(25-16-7-1-2-8-16)27-15-18-17-9-3-4-11-20(17)30-23(18)26-13-5-10-19(26)22(27)21-12-6-14-29-21/h5-6,10,12-14,16,22H,1-4,7-9,11,15H2,(H,25,28)/t22-/m1/s1. The van der Waals surface area contributed by atoms with E-state index >= 15 is 0 Å². The van der Waals surface area contributed by atoms with Gasteiger partial charge < -0.3 is 14.8 Å². The number of urea groups is 1. The Bertz CT molecular complexity index is 1060. The summed E-state index contributed by atoms with van der Waals surface area (Å²) in [4.78, 5) is 18.5. The zero-order valence-electron chi connectivity index (χ0n) is 17.1. The van der Waals surface area contributed by atoms with Crippen molar-refractivity contribution in [3.8, 4) is 5.00 Å². The molecule has 3 aromatic rings. The normalized spacial score (nSPS) is 21.1. The lowest BCUT2D eigenvalue weighted by Crippen LogP contribution is -2.45. The Morgan fingerprint density at radius 2 is 1.90 bits per heavy atom. The lowest BCUT2D eigenvalue weighted by molar-refractivity contribution is 0.177. The van der Waals surface area contributed by atoms with Crippen molar-refractivity contribution in [2.45, 2.75) is 70.0 Å². The number of hydrogen-bond donors (Lipinski definition) is 1. The molecule has 4 nitrogen and oxygen atoms in total. The van der Waals surface area contributed by atoms with Gasteiger partial charge in [0.2, 0.25) is 0 Å². The van der Waals surface area contributed by atoms with E-state index in [1.165, 1.54) is 63.7 Å². The fraction of sp³-hybridized carbons (Fsp3) is 0.458. The molecule has 6 rings (SSSR count). The van der Waals surface area contributed by atoms with Crippen LogP contribution in [0.1, 0.15) is 71.1 Å². The molecule has 156 valence electrons. The van der Waals surface area contributed by atoms with Gasteiger partial charge in [0, 0.05) is 27.6 Å². The maximum absolute atomic E-state index is 13.7. The Labute approximate surface area is 185 Å². The van der Waals surface area contributed by atoms with Crippen molar-refractivity contribution in [1.29, 1.82) is 0 Å². The molecule has 0 spiro atoms. The minimum Gasteiger partial charge on any atom is -0.335 e. The first-order valence-corrected chi connectivity index (χ1v) is 12.9. The van der Waals surface area contributed by atoms with Gasteiger partial charge in [0.05, 0.1) is 12.2 Å². The van der Waals surface area contributed by atoms with Crippen molar-refractivity contribution in [3.05, 3.63) is 62.4 Å². The van der Waals surface area contributed by atoms with Crippen LogP contribution < -0.4 is 5.32 Å². The van der Waals surface area contributed by atoms with E-state index in [1.54, 1.807) is 11.3 Å². The van der Waals surface area contributed by atoms with Gasteiger partial charge in [-0.1, -0.05) is 18.9 Å². The number of aromatic nitrogens is 1. The van der Waals surface area contributed by atoms with Gasteiger partial charge in [-0.3, -0.25) is 0 Å². The van der Waals surface area contributed by atoms with Crippen molar-refractivity contribution in [2.24, 2.45) is 0 Å². The molecule has 3 aliphatic rings. The molecular weight excluding hydrogens is 410 g/mol. The molecular formula is C24H27N3OS2. The van der Waals surface area contributed by atoms with Crippen molar-refractivity contribution in [1.82, 2.24) is 14.8 Å².